The number of aromatic nitrogens is 3. The van der Waals surface area contributed by atoms with Crippen LogP contribution in [0.15, 0.2) is 71.7 Å². The van der Waals surface area contributed by atoms with Crippen molar-refractivity contribution in [2.24, 2.45) is 0 Å². The number of carbonyl (C=O) groups is 1. The van der Waals surface area contributed by atoms with E-state index in [1.165, 1.54) is 0 Å². The zero-order valence-electron chi connectivity index (χ0n) is 18.9. The van der Waals surface area contributed by atoms with Crippen molar-refractivity contribution in [3.8, 4) is 5.75 Å². The van der Waals surface area contributed by atoms with Gasteiger partial charge in [0.05, 0.1) is 18.2 Å². The molecule has 4 aromatic rings. The molecule has 5 rings (SSSR count). The van der Waals surface area contributed by atoms with Crippen LogP contribution in [0.5, 0.6) is 5.75 Å². The summed E-state index contributed by atoms with van der Waals surface area (Å²) in [6.45, 7) is 2.72. The van der Waals surface area contributed by atoms with Crippen LogP contribution in [-0.2, 0) is 6.42 Å². The van der Waals surface area contributed by atoms with E-state index in [0.717, 1.165) is 41.2 Å². The van der Waals surface area contributed by atoms with Crippen molar-refractivity contribution in [3.05, 3.63) is 94.2 Å². The predicted octanol–water partition coefficient (Wildman–Crippen LogP) is 2.88. The summed E-state index contributed by atoms with van der Waals surface area (Å²) in [5, 5.41) is 8.23. The Kier molecular flexibility index (Phi) is 5.95. The summed E-state index contributed by atoms with van der Waals surface area (Å²) in [7, 11) is 1.66. The first-order valence-electron chi connectivity index (χ1n) is 11.2. The Bertz CT molecular complexity index is 1390. The van der Waals surface area contributed by atoms with Crippen LogP contribution in [0.4, 0.5) is 5.69 Å². The quantitative estimate of drug-likeness (QED) is 0.498. The van der Waals surface area contributed by atoms with Gasteiger partial charge in [0.1, 0.15) is 11.4 Å². The lowest BCUT2D eigenvalue weighted by Gasteiger charge is -2.36. The molecule has 1 saturated heterocycles. The fourth-order valence-electron chi connectivity index (χ4n) is 4.34. The highest BCUT2D eigenvalue weighted by atomic mass is 16.5. The molecule has 0 saturated carbocycles. The van der Waals surface area contributed by atoms with Crippen LogP contribution in [0.2, 0.25) is 0 Å². The van der Waals surface area contributed by atoms with Crippen molar-refractivity contribution in [2.45, 2.75) is 6.42 Å². The van der Waals surface area contributed by atoms with Gasteiger partial charge in [0.2, 0.25) is 0 Å². The summed E-state index contributed by atoms with van der Waals surface area (Å²) in [5.74, 6) is 0.744. The van der Waals surface area contributed by atoms with Crippen LogP contribution in [0.1, 0.15) is 21.7 Å². The Balaban J connectivity index is 1.29. The second-order valence-corrected chi connectivity index (χ2v) is 8.25. The minimum atomic E-state index is -0.210. The second-order valence-electron chi connectivity index (χ2n) is 8.25. The monoisotopic (exact) mass is 455 g/mol. The molecule has 3 heterocycles. The van der Waals surface area contributed by atoms with E-state index in [9.17, 15) is 9.59 Å². The number of methoxy groups -OCH3 is 1. The molecule has 172 valence electrons. The molecule has 0 radical (unpaired) electrons. The number of piperazine rings is 1. The Morgan fingerprint density at radius 3 is 2.59 bits per heavy atom. The summed E-state index contributed by atoms with van der Waals surface area (Å²) in [4.78, 5) is 33.7. The standard InChI is InChI=1S/C26H25N5O3/c1-34-20-6-4-5-19(17-20)30-11-13-31(14-12-30)26(33)24-16-18(9-10-27-24)15-23-21-7-2-3-8-22(21)25(32)29-28-23/h2-10,16-17H,11-15H2,1H3,(H,29,32). The number of nitrogens with zero attached hydrogens (tertiary/aromatic N) is 4. The maximum Gasteiger partial charge on any atom is 0.272 e. The summed E-state index contributed by atoms with van der Waals surface area (Å²) < 4.78 is 5.32. The van der Waals surface area contributed by atoms with Gasteiger partial charge < -0.3 is 14.5 Å². The number of pyridine rings is 1. The van der Waals surface area contributed by atoms with Gasteiger partial charge in [0.15, 0.2) is 0 Å². The molecule has 2 aromatic heterocycles. The van der Waals surface area contributed by atoms with Gasteiger partial charge in [-0.3, -0.25) is 14.6 Å². The molecule has 34 heavy (non-hydrogen) atoms. The minimum Gasteiger partial charge on any atom is -0.497 e. The predicted molar refractivity (Wildman–Crippen MR) is 131 cm³/mol. The van der Waals surface area contributed by atoms with Crippen LogP contribution in [0.3, 0.4) is 0 Å². The van der Waals surface area contributed by atoms with Gasteiger partial charge in [-0.2, -0.15) is 5.10 Å². The average Bonchev–Trinajstić information content (AvgIpc) is 2.90. The lowest BCUT2D eigenvalue weighted by atomic mass is 10.0. The zero-order chi connectivity index (χ0) is 23.5. The van der Waals surface area contributed by atoms with E-state index in [2.05, 4.69) is 26.1 Å². The molecular formula is C26H25N5O3. The fourth-order valence-corrected chi connectivity index (χ4v) is 4.34. The normalized spacial score (nSPS) is 13.8. The number of fused-ring (bicyclic) bond motifs is 1. The van der Waals surface area contributed by atoms with Gasteiger partial charge in [-0.25, -0.2) is 5.10 Å². The van der Waals surface area contributed by atoms with Crippen molar-refractivity contribution in [1.82, 2.24) is 20.1 Å². The van der Waals surface area contributed by atoms with E-state index >= 15 is 0 Å². The van der Waals surface area contributed by atoms with Gasteiger partial charge in [0.25, 0.3) is 11.5 Å². The number of benzene rings is 2. The van der Waals surface area contributed by atoms with Gasteiger partial charge in [-0.05, 0) is 35.9 Å². The maximum atomic E-state index is 13.2. The van der Waals surface area contributed by atoms with Crippen molar-refractivity contribution >= 4 is 22.4 Å². The highest BCUT2D eigenvalue weighted by molar-refractivity contribution is 5.92. The highest BCUT2D eigenvalue weighted by Gasteiger charge is 2.23. The first kappa shape index (κ1) is 21.6. The summed E-state index contributed by atoms with van der Waals surface area (Å²) in [6.07, 6.45) is 2.15. The van der Waals surface area contributed by atoms with Crippen molar-refractivity contribution < 1.29 is 9.53 Å². The lowest BCUT2D eigenvalue weighted by molar-refractivity contribution is 0.0740. The van der Waals surface area contributed by atoms with Crippen LogP contribution in [-0.4, -0.2) is 59.3 Å². The highest BCUT2D eigenvalue weighted by Crippen LogP contribution is 2.23. The largest absolute Gasteiger partial charge is 0.497 e. The van der Waals surface area contributed by atoms with Crippen LogP contribution in [0.25, 0.3) is 10.8 Å². The fraction of sp³-hybridized carbons (Fsp3) is 0.231. The summed E-state index contributed by atoms with van der Waals surface area (Å²) >= 11 is 0. The molecule has 1 aliphatic rings. The molecule has 0 aliphatic carbocycles. The van der Waals surface area contributed by atoms with Gasteiger partial charge in [-0.15, -0.1) is 0 Å². The number of carbonyl (C=O) groups excluding carboxylic acids is 1. The Morgan fingerprint density at radius 1 is 1.00 bits per heavy atom. The number of rotatable bonds is 5. The van der Waals surface area contributed by atoms with E-state index in [4.69, 9.17) is 4.74 Å². The second kappa shape index (κ2) is 9.35. The van der Waals surface area contributed by atoms with Crippen LogP contribution in [0, 0.1) is 0 Å². The molecule has 8 heteroatoms. The van der Waals surface area contributed by atoms with Crippen molar-refractivity contribution in [2.75, 3.05) is 38.2 Å². The Hall–Kier alpha value is -4.20. The lowest BCUT2D eigenvalue weighted by Crippen LogP contribution is -2.49. The average molecular weight is 456 g/mol. The van der Waals surface area contributed by atoms with Crippen molar-refractivity contribution in [1.29, 1.82) is 0 Å². The number of H-pyrrole nitrogens is 1. The number of anilines is 1. The molecule has 1 fully saturated rings. The van der Waals surface area contributed by atoms with E-state index in [-0.39, 0.29) is 11.5 Å². The third-order valence-electron chi connectivity index (χ3n) is 6.18. The number of amides is 1. The zero-order valence-corrected chi connectivity index (χ0v) is 18.9. The van der Waals surface area contributed by atoms with Crippen molar-refractivity contribution in [3.63, 3.8) is 0 Å². The number of aromatic amines is 1. The van der Waals surface area contributed by atoms with Crippen LogP contribution < -0.4 is 15.2 Å². The summed E-state index contributed by atoms with van der Waals surface area (Å²) in [5.41, 5.74) is 2.97. The van der Waals surface area contributed by atoms with E-state index in [1.54, 1.807) is 19.4 Å². The van der Waals surface area contributed by atoms with Gasteiger partial charge in [-0.1, -0.05) is 24.3 Å². The van der Waals surface area contributed by atoms with Crippen LogP contribution >= 0.6 is 0 Å². The number of nitrogens with one attached hydrogen (secondary N) is 1. The third-order valence-corrected chi connectivity index (χ3v) is 6.18. The topological polar surface area (TPSA) is 91.4 Å². The Labute approximate surface area is 196 Å². The molecule has 8 nitrogen and oxygen atoms in total. The molecular weight excluding hydrogens is 430 g/mol. The molecule has 2 aromatic carbocycles. The molecule has 0 atom stereocenters. The minimum absolute atomic E-state index is 0.0774. The molecule has 0 spiro atoms. The molecule has 1 aliphatic heterocycles. The number of hydrogen-bond acceptors (Lipinski definition) is 6. The first-order valence-corrected chi connectivity index (χ1v) is 11.2. The molecule has 0 bridgehead atoms. The van der Waals surface area contributed by atoms with E-state index in [0.29, 0.717) is 30.6 Å². The summed E-state index contributed by atoms with van der Waals surface area (Å²) in [6, 6.07) is 19.1. The number of ether oxygens (including phenoxy) is 1. The Morgan fingerprint density at radius 2 is 1.79 bits per heavy atom. The molecule has 1 amide bonds. The SMILES string of the molecule is COc1cccc(N2CCN(C(=O)c3cc(Cc4n[nH]c(=O)c5ccccc45)ccn3)CC2)c1. The molecule has 1 N–H and O–H groups in total. The maximum absolute atomic E-state index is 13.2. The smallest absolute Gasteiger partial charge is 0.272 e. The third kappa shape index (κ3) is 4.34. The van der Waals surface area contributed by atoms with E-state index in [1.807, 2.05) is 53.4 Å². The number of hydrogen-bond donors (Lipinski definition) is 1. The molecule has 0 unspecified atom stereocenters. The first-order chi connectivity index (χ1) is 16.6. The van der Waals surface area contributed by atoms with E-state index < -0.39 is 0 Å². The van der Waals surface area contributed by atoms with Gasteiger partial charge >= 0.3 is 0 Å². The van der Waals surface area contributed by atoms with Gasteiger partial charge in [0, 0.05) is 55.9 Å².